The highest BCUT2D eigenvalue weighted by molar-refractivity contribution is 7.99. The molecule has 2 aromatic heterocycles. The largest absolute Gasteiger partial charge is 0.497 e. The third-order valence-electron chi connectivity index (χ3n) is 5.50. The van der Waals surface area contributed by atoms with Gasteiger partial charge < -0.3 is 14.8 Å². The van der Waals surface area contributed by atoms with Gasteiger partial charge in [-0.05, 0) is 78.4 Å². The van der Waals surface area contributed by atoms with Gasteiger partial charge in [-0.3, -0.25) is 9.36 Å². The molecule has 1 N–H and O–H groups in total. The quantitative estimate of drug-likeness (QED) is 0.372. The lowest BCUT2D eigenvalue weighted by Gasteiger charge is -2.13. The van der Waals surface area contributed by atoms with Crippen molar-refractivity contribution in [2.24, 2.45) is 0 Å². The third-order valence-corrected chi connectivity index (χ3v) is 6.42. The number of hydrogen-bond donors (Lipinski definition) is 1. The number of amides is 1. The Morgan fingerprint density at radius 1 is 1.03 bits per heavy atom. The van der Waals surface area contributed by atoms with E-state index in [2.05, 4.69) is 26.9 Å². The van der Waals surface area contributed by atoms with E-state index < -0.39 is 0 Å². The second-order valence-corrected chi connectivity index (χ2v) is 8.43. The van der Waals surface area contributed by atoms with E-state index >= 15 is 0 Å². The zero-order chi connectivity index (χ0) is 24.9. The van der Waals surface area contributed by atoms with E-state index in [4.69, 9.17) is 9.47 Å². The lowest BCUT2D eigenvalue weighted by Crippen LogP contribution is -2.18. The lowest BCUT2D eigenvalue weighted by molar-refractivity contribution is -0.113. The number of carbonyl (C=O) groups excluding carboxylic acids is 1. The summed E-state index contributed by atoms with van der Waals surface area (Å²) in [6.07, 6.45) is 0. The molecule has 4 aromatic rings. The molecule has 11 heteroatoms. The van der Waals surface area contributed by atoms with Crippen LogP contribution in [-0.4, -0.2) is 50.7 Å². The number of aromatic nitrogens is 5. The number of thioether (sulfide) groups is 1. The second-order valence-electron chi connectivity index (χ2n) is 7.49. The van der Waals surface area contributed by atoms with Crippen LogP contribution >= 0.6 is 11.8 Å². The third kappa shape index (κ3) is 4.83. The number of nitrogens with one attached hydrogen (secondary N) is 1. The Kier molecular flexibility index (Phi) is 7.03. The standard InChI is InChI=1S/C24H23N7O3S/c1-15-16(2)30(17-5-9-19(33-3)10-6-17)23(21(15)13-25)26-22(32)14-35-24-27-28-29-31(24)18-7-11-20(34-4)12-8-18/h5-12H,14H2,1-4H3,(H,26,32). The van der Waals surface area contributed by atoms with Gasteiger partial charge in [0.15, 0.2) is 0 Å². The molecule has 0 aliphatic rings. The minimum absolute atomic E-state index is 0.0489. The molecule has 0 aliphatic heterocycles. The summed E-state index contributed by atoms with van der Waals surface area (Å²) in [5, 5.41) is 24.9. The van der Waals surface area contributed by atoms with Gasteiger partial charge in [0.2, 0.25) is 11.1 Å². The minimum Gasteiger partial charge on any atom is -0.497 e. The normalized spacial score (nSPS) is 10.6. The van der Waals surface area contributed by atoms with Crippen LogP contribution in [0.1, 0.15) is 16.8 Å². The molecule has 0 unspecified atom stereocenters. The summed E-state index contributed by atoms with van der Waals surface area (Å²) >= 11 is 1.19. The van der Waals surface area contributed by atoms with E-state index in [1.807, 2.05) is 54.8 Å². The number of rotatable bonds is 8. The van der Waals surface area contributed by atoms with Crippen LogP contribution in [0, 0.1) is 25.2 Å². The van der Waals surface area contributed by atoms with Gasteiger partial charge in [-0.2, -0.15) is 9.94 Å². The zero-order valence-electron chi connectivity index (χ0n) is 19.6. The molecule has 0 atom stereocenters. The lowest BCUT2D eigenvalue weighted by atomic mass is 10.2. The molecular weight excluding hydrogens is 466 g/mol. The zero-order valence-corrected chi connectivity index (χ0v) is 20.5. The van der Waals surface area contributed by atoms with Gasteiger partial charge in [-0.25, -0.2) is 0 Å². The maximum atomic E-state index is 12.9. The fraction of sp³-hybridized carbons (Fsp3) is 0.208. The van der Waals surface area contributed by atoms with Gasteiger partial charge in [-0.15, -0.1) is 5.10 Å². The number of nitrogens with zero attached hydrogens (tertiary/aromatic N) is 6. The van der Waals surface area contributed by atoms with Crippen molar-refractivity contribution in [2.75, 3.05) is 25.3 Å². The van der Waals surface area contributed by atoms with Crippen LogP contribution in [0.25, 0.3) is 11.4 Å². The van der Waals surface area contributed by atoms with Crippen LogP contribution in [0.5, 0.6) is 11.5 Å². The highest BCUT2D eigenvalue weighted by Crippen LogP contribution is 2.31. The van der Waals surface area contributed by atoms with Gasteiger partial charge in [0.05, 0.1) is 31.2 Å². The number of anilines is 1. The predicted octanol–water partition coefficient (Wildman–Crippen LogP) is 3.69. The highest BCUT2D eigenvalue weighted by Gasteiger charge is 2.21. The Bertz CT molecular complexity index is 1390. The van der Waals surface area contributed by atoms with Crippen molar-refractivity contribution in [2.45, 2.75) is 19.0 Å². The van der Waals surface area contributed by atoms with Crippen molar-refractivity contribution >= 4 is 23.5 Å². The van der Waals surface area contributed by atoms with E-state index in [1.54, 1.807) is 31.0 Å². The molecule has 2 heterocycles. The highest BCUT2D eigenvalue weighted by atomic mass is 32.2. The Hall–Kier alpha value is -4.30. The van der Waals surface area contributed by atoms with Gasteiger partial charge in [0, 0.05) is 11.4 Å². The summed E-state index contributed by atoms with van der Waals surface area (Å²) < 4.78 is 13.8. The number of benzene rings is 2. The molecule has 2 aromatic carbocycles. The summed E-state index contributed by atoms with van der Waals surface area (Å²) in [6, 6.07) is 16.9. The minimum atomic E-state index is -0.289. The number of carbonyl (C=O) groups is 1. The van der Waals surface area contributed by atoms with Crippen molar-refractivity contribution in [1.29, 1.82) is 5.26 Å². The molecule has 0 aliphatic carbocycles. The van der Waals surface area contributed by atoms with Crippen molar-refractivity contribution in [1.82, 2.24) is 24.8 Å². The summed E-state index contributed by atoms with van der Waals surface area (Å²) in [4.78, 5) is 12.9. The summed E-state index contributed by atoms with van der Waals surface area (Å²) in [5.41, 5.74) is 3.62. The number of ether oxygens (including phenoxy) is 2. The Morgan fingerprint density at radius 2 is 1.63 bits per heavy atom. The van der Waals surface area contributed by atoms with Crippen LogP contribution in [0.15, 0.2) is 53.7 Å². The molecule has 35 heavy (non-hydrogen) atoms. The van der Waals surface area contributed by atoms with Gasteiger partial charge in [-0.1, -0.05) is 11.8 Å². The number of hydrogen-bond acceptors (Lipinski definition) is 8. The summed E-state index contributed by atoms with van der Waals surface area (Å²) in [7, 11) is 3.19. The first-order chi connectivity index (χ1) is 17.0. The van der Waals surface area contributed by atoms with Crippen molar-refractivity contribution in [3.8, 4) is 28.9 Å². The maximum Gasteiger partial charge on any atom is 0.236 e. The Morgan fingerprint density at radius 3 is 2.20 bits per heavy atom. The van der Waals surface area contributed by atoms with E-state index in [0.717, 1.165) is 22.6 Å². The van der Waals surface area contributed by atoms with Crippen LogP contribution in [0.2, 0.25) is 0 Å². The average Bonchev–Trinajstić information content (AvgIpc) is 3.45. The summed E-state index contributed by atoms with van der Waals surface area (Å²) in [6.45, 7) is 3.77. The van der Waals surface area contributed by atoms with Crippen molar-refractivity contribution < 1.29 is 14.3 Å². The molecule has 0 saturated heterocycles. The molecule has 10 nitrogen and oxygen atoms in total. The van der Waals surface area contributed by atoms with Crippen LogP contribution in [-0.2, 0) is 4.79 Å². The monoisotopic (exact) mass is 489 g/mol. The topological polar surface area (TPSA) is 120 Å². The Labute approximate surface area is 206 Å². The second kappa shape index (κ2) is 10.3. The Balaban J connectivity index is 1.55. The average molecular weight is 490 g/mol. The first kappa shape index (κ1) is 23.8. The van der Waals surface area contributed by atoms with Crippen LogP contribution < -0.4 is 14.8 Å². The maximum absolute atomic E-state index is 12.9. The summed E-state index contributed by atoms with van der Waals surface area (Å²) in [5.74, 6) is 1.62. The fourth-order valence-corrected chi connectivity index (χ4v) is 4.26. The van der Waals surface area contributed by atoms with Gasteiger partial charge in [0.1, 0.15) is 23.4 Å². The predicted molar refractivity (Wildman–Crippen MR) is 132 cm³/mol. The number of methoxy groups -OCH3 is 2. The van der Waals surface area contributed by atoms with E-state index in [9.17, 15) is 10.1 Å². The molecule has 178 valence electrons. The van der Waals surface area contributed by atoms with Crippen LogP contribution in [0.4, 0.5) is 5.82 Å². The molecule has 0 saturated carbocycles. The SMILES string of the molecule is COc1ccc(-n2nnnc2SCC(=O)Nc2c(C#N)c(C)c(C)n2-c2ccc(OC)cc2)cc1. The van der Waals surface area contributed by atoms with Crippen LogP contribution in [0.3, 0.4) is 0 Å². The molecule has 4 rings (SSSR count). The molecule has 0 radical (unpaired) electrons. The number of nitriles is 1. The smallest absolute Gasteiger partial charge is 0.236 e. The molecular formula is C24H23N7O3S. The molecule has 0 fully saturated rings. The first-order valence-corrected chi connectivity index (χ1v) is 11.6. The van der Waals surface area contributed by atoms with E-state index in [1.165, 1.54) is 11.8 Å². The molecule has 0 spiro atoms. The van der Waals surface area contributed by atoms with Crippen molar-refractivity contribution in [3.63, 3.8) is 0 Å². The first-order valence-electron chi connectivity index (χ1n) is 10.6. The van der Waals surface area contributed by atoms with Gasteiger partial charge >= 0.3 is 0 Å². The molecule has 0 bridgehead atoms. The molecule has 1 amide bonds. The van der Waals surface area contributed by atoms with E-state index in [0.29, 0.717) is 28.0 Å². The van der Waals surface area contributed by atoms with Crippen molar-refractivity contribution in [3.05, 3.63) is 65.4 Å². The number of tetrazole rings is 1. The van der Waals surface area contributed by atoms with Gasteiger partial charge in [0.25, 0.3) is 0 Å². The fourth-order valence-electron chi connectivity index (χ4n) is 3.57. The van der Waals surface area contributed by atoms with E-state index in [-0.39, 0.29) is 11.7 Å².